The number of anilines is 1. The summed E-state index contributed by atoms with van der Waals surface area (Å²) in [5.74, 6) is 0.191. The number of nitrogens with one attached hydrogen (secondary N) is 2. The number of nitrogens with two attached hydrogens (primary N) is 1. The number of aromatic amines is 1. The first-order valence-corrected chi connectivity index (χ1v) is 4.70. The quantitative estimate of drug-likeness (QED) is 0.654. The van der Waals surface area contributed by atoms with Gasteiger partial charge in [-0.3, -0.25) is 9.89 Å². The van der Waals surface area contributed by atoms with E-state index in [0.717, 1.165) is 12.8 Å². The van der Waals surface area contributed by atoms with Gasteiger partial charge in [-0.15, -0.1) is 0 Å². The van der Waals surface area contributed by atoms with Gasteiger partial charge in [0, 0.05) is 6.20 Å². The van der Waals surface area contributed by atoms with Gasteiger partial charge in [-0.2, -0.15) is 5.10 Å². The molecule has 4 N–H and O–H groups in total. The third-order valence-electron chi connectivity index (χ3n) is 2.67. The third-order valence-corrected chi connectivity index (χ3v) is 2.67. The molecule has 1 aliphatic rings. The highest BCUT2D eigenvalue weighted by atomic mass is 16.2. The van der Waals surface area contributed by atoms with Crippen LogP contribution in [-0.2, 0) is 4.79 Å². The number of rotatable bonds is 3. The Labute approximate surface area is 82.1 Å². The van der Waals surface area contributed by atoms with Crippen molar-refractivity contribution in [2.24, 2.45) is 11.7 Å². The zero-order chi connectivity index (χ0) is 10.2. The van der Waals surface area contributed by atoms with E-state index < -0.39 is 5.54 Å². The minimum atomic E-state index is -0.753. The SMILES string of the molecule is CC(N)(C(=O)Nc1cn[nH]c1)C1CC1. The average molecular weight is 194 g/mol. The third kappa shape index (κ3) is 1.63. The lowest BCUT2D eigenvalue weighted by Crippen LogP contribution is -2.50. The summed E-state index contributed by atoms with van der Waals surface area (Å²) in [5, 5.41) is 9.09. The molecule has 1 saturated carbocycles. The number of carbonyl (C=O) groups is 1. The van der Waals surface area contributed by atoms with E-state index in [2.05, 4.69) is 15.5 Å². The maximum atomic E-state index is 11.7. The van der Waals surface area contributed by atoms with Crippen LogP contribution in [0.4, 0.5) is 5.69 Å². The molecule has 0 radical (unpaired) electrons. The molecule has 1 heterocycles. The molecule has 1 unspecified atom stereocenters. The van der Waals surface area contributed by atoms with Gasteiger partial charge in [0.2, 0.25) is 5.91 Å². The van der Waals surface area contributed by atoms with Crippen molar-refractivity contribution in [3.63, 3.8) is 0 Å². The van der Waals surface area contributed by atoms with E-state index in [1.54, 1.807) is 19.3 Å². The Morgan fingerprint density at radius 2 is 2.50 bits per heavy atom. The lowest BCUT2D eigenvalue weighted by Gasteiger charge is -2.22. The van der Waals surface area contributed by atoms with Gasteiger partial charge in [0.25, 0.3) is 0 Å². The zero-order valence-corrected chi connectivity index (χ0v) is 8.08. The molecule has 1 amide bonds. The first kappa shape index (κ1) is 9.21. The van der Waals surface area contributed by atoms with Crippen molar-refractivity contribution in [1.29, 1.82) is 0 Å². The summed E-state index contributed by atoms with van der Waals surface area (Å²) in [5.41, 5.74) is 5.85. The van der Waals surface area contributed by atoms with E-state index >= 15 is 0 Å². The highest BCUT2D eigenvalue weighted by molar-refractivity contribution is 5.97. The van der Waals surface area contributed by atoms with Gasteiger partial charge in [-0.25, -0.2) is 0 Å². The Hall–Kier alpha value is -1.36. The Balaban J connectivity index is 2.01. The maximum absolute atomic E-state index is 11.7. The normalized spacial score (nSPS) is 20.1. The second kappa shape index (κ2) is 3.09. The van der Waals surface area contributed by atoms with E-state index in [4.69, 9.17) is 5.73 Å². The lowest BCUT2D eigenvalue weighted by molar-refractivity contribution is -0.121. The van der Waals surface area contributed by atoms with E-state index in [-0.39, 0.29) is 5.91 Å². The fraction of sp³-hybridized carbons (Fsp3) is 0.556. The van der Waals surface area contributed by atoms with E-state index in [1.807, 2.05) is 0 Å². The van der Waals surface area contributed by atoms with Crippen LogP contribution in [0.25, 0.3) is 0 Å². The van der Waals surface area contributed by atoms with Gasteiger partial charge in [0.05, 0.1) is 17.4 Å². The van der Waals surface area contributed by atoms with Crippen molar-refractivity contribution in [3.8, 4) is 0 Å². The molecule has 1 fully saturated rings. The summed E-state index contributed by atoms with van der Waals surface area (Å²) in [7, 11) is 0. The summed E-state index contributed by atoms with van der Waals surface area (Å²) in [6, 6.07) is 0. The van der Waals surface area contributed by atoms with Crippen LogP contribution in [0.3, 0.4) is 0 Å². The fourth-order valence-corrected chi connectivity index (χ4v) is 1.45. The van der Waals surface area contributed by atoms with Gasteiger partial charge in [0.1, 0.15) is 0 Å². The zero-order valence-electron chi connectivity index (χ0n) is 8.08. The minimum absolute atomic E-state index is 0.138. The molecule has 0 saturated heterocycles. The summed E-state index contributed by atoms with van der Waals surface area (Å²) in [6.07, 6.45) is 5.28. The standard InChI is InChI=1S/C9H14N4O/c1-9(10,6-2-3-6)8(14)13-7-4-11-12-5-7/h4-6H,2-3,10H2,1H3,(H,11,12)(H,13,14). The lowest BCUT2D eigenvalue weighted by atomic mass is 9.96. The molecule has 0 aliphatic heterocycles. The van der Waals surface area contributed by atoms with Crippen LogP contribution >= 0.6 is 0 Å². The summed E-state index contributed by atoms with van der Waals surface area (Å²) >= 11 is 0. The number of amides is 1. The fourth-order valence-electron chi connectivity index (χ4n) is 1.45. The molecule has 0 bridgehead atoms. The summed E-state index contributed by atoms with van der Waals surface area (Å²) in [4.78, 5) is 11.7. The van der Waals surface area contributed by atoms with Crippen molar-refractivity contribution < 1.29 is 4.79 Å². The number of H-pyrrole nitrogens is 1. The van der Waals surface area contributed by atoms with E-state index in [1.165, 1.54) is 0 Å². The average Bonchev–Trinajstić information content (AvgIpc) is 2.88. The predicted octanol–water partition coefficient (Wildman–Crippen LogP) is 0.476. The van der Waals surface area contributed by atoms with Gasteiger partial charge in [-0.05, 0) is 25.7 Å². The van der Waals surface area contributed by atoms with Crippen LogP contribution in [-0.4, -0.2) is 21.6 Å². The molecule has 1 atom stereocenters. The van der Waals surface area contributed by atoms with Crippen molar-refractivity contribution in [2.45, 2.75) is 25.3 Å². The molecule has 0 spiro atoms. The predicted molar refractivity (Wildman–Crippen MR) is 52.5 cm³/mol. The molecule has 76 valence electrons. The van der Waals surface area contributed by atoms with Gasteiger partial charge in [0.15, 0.2) is 0 Å². The number of carbonyl (C=O) groups excluding carboxylic acids is 1. The Kier molecular flexibility index (Phi) is 2.03. The van der Waals surface area contributed by atoms with Crippen LogP contribution < -0.4 is 11.1 Å². The molecule has 1 aliphatic carbocycles. The van der Waals surface area contributed by atoms with Crippen molar-refractivity contribution >= 4 is 11.6 Å². The van der Waals surface area contributed by atoms with Crippen molar-refractivity contribution in [3.05, 3.63) is 12.4 Å². The van der Waals surface area contributed by atoms with E-state index in [0.29, 0.717) is 11.6 Å². The maximum Gasteiger partial charge on any atom is 0.244 e. The van der Waals surface area contributed by atoms with Crippen LogP contribution in [0.5, 0.6) is 0 Å². The first-order chi connectivity index (χ1) is 6.60. The molecule has 0 aromatic carbocycles. The number of hydrogen-bond donors (Lipinski definition) is 3. The summed E-state index contributed by atoms with van der Waals surface area (Å²) < 4.78 is 0. The van der Waals surface area contributed by atoms with Crippen LogP contribution in [0.1, 0.15) is 19.8 Å². The van der Waals surface area contributed by atoms with Crippen LogP contribution in [0.15, 0.2) is 12.4 Å². The molecular weight excluding hydrogens is 180 g/mol. The number of aromatic nitrogens is 2. The second-order valence-electron chi connectivity index (χ2n) is 4.00. The van der Waals surface area contributed by atoms with Crippen LogP contribution in [0, 0.1) is 5.92 Å². The Bertz CT molecular complexity index is 327. The van der Waals surface area contributed by atoms with Crippen LogP contribution in [0.2, 0.25) is 0 Å². The monoisotopic (exact) mass is 194 g/mol. The van der Waals surface area contributed by atoms with Crippen molar-refractivity contribution in [1.82, 2.24) is 10.2 Å². The molecule has 14 heavy (non-hydrogen) atoms. The molecule has 2 rings (SSSR count). The minimum Gasteiger partial charge on any atom is -0.322 e. The largest absolute Gasteiger partial charge is 0.322 e. The Morgan fingerprint density at radius 1 is 1.79 bits per heavy atom. The first-order valence-electron chi connectivity index (χ1n) is 4.70. The summed E-state index contributed by atoms with van der Waals surface area (Å²) in [6.45, 7) is 1.78. The van der Waals surface area contributed by atoms with Crippen molar-refractivity contribution in [2.75, 3.05) is 5.32 Å². The Morgan fingerprint density at radius 3 is 3.00 bits per heavy atom. The highest BCUT2D eigenvalue weighted by Gasteiger charge is 2.44. The second-order valence-corrected chi connectivity index (χ2v) is 4.00. The molecule has 5 nitrogen and oxygen atoms in total. The number of hydrogen-bond acceptors (Lipinski definition) is 3. The van der Waals surface area contributed by atoms with Gasteiger partial charge in [-0.1, -0.05) is 0 Å². The van der Waals surface area contributed by atoms with Gasteiger partial charge < -0.3 is 11.1 Å². The molecule has 1 aromatic heterocycles. The van der Waals surface area contributed by atoms with Gasteiger partial charge >= 0.3 is 0 Å². The smallest absolute Gasteiger partial charge is 0.244 e. The highest BCUT2D eigenvalue weighted by Crippen LogP contribution is 2.38. The molecular formula is C9H14N4O. The molecule has 1 aromatic rings. The topological polar surface area (TPSA) is 83.8 Å². The molecule has 5 heteroatoms. The number of nitrogens with zero attached hydrogens (tertiary/aromatic N) is 1. The van der Waals surface area contributed by atoms with E-state index in [9.17, 15) is 4.79 Å².